The number of fused-ring (bicyclic) bond motifs is 1. The zero-order valence-electron chi connectivity index (χ0n) is 6.36. The van der Waals surface area contributed by atoms with E-state index in [-0.39, 0.29) is 0 Å². The lowest BCUT2D eigenvalue weighted by atomic mass is 10.4. The minimum Gasteiger partial charge on any atom is -0.232 e. The van der Waals surface area contributed by atoms with Crippen LogP contribution in [0.1, 0.15) is 12.6 Å². The van der Waals surface area contributed by atoms with Gasteiger partial charge in [0.2, 0.25) is 0 Å². The molecular weight excluding hydrogens is 138 g/mol. The molecule has 2 heterocycles. The minimum atomic E-state index is 0.921. The van der Waals surface area contributed by atoms with Crippen molar-refractivity contribution in [1.82, 2.24) is 14.6 Å². The molecule has 2 rings (SSSR count). The standard InChI is InChI=1S/C8H9N3/c1-2-7-6-9-11-5-3-4-8(11)10-7/h3-6H,2H2,1H3. The maximum atomic E-state index is 4.35. The van der Waals surface area contributed by atoms with Gasteiger partial charge in [0.1, 0.15) is 0 Å². The first-order valence-electron chi connectivity index (χ1n) is 3.69. The molecule has 0 amide bonds. The van der Waals surface area contributed by atoms with Crippen LogP contribution >= 0.6 is 0 Å². The summed E-state index contributed by atoms with van der Waals surface area (Å²) in [7, 11) is 0. The van der Waals surface area contributed by atoms with Gasteiger partial charge in [-0.15, -0.1) is 0 Å². The summed E-state index contributed by atoms with van der Waals surface area (Å²) in [5.41, 5.74) is 1.96. The molecule has 0 saturated heterocycles. The van der Waals surface area contributed by atoms with Gasteiger partial charge in [0.05, 0.1) is 11.9 Å². The van der Waals surface area contributed by atoms with Crippen molar-refractivity contribution in [2.45, 2.75) is 13.3 Å². The van der Waals surface area contributed by atoms with Crippen molar-refractivity contribution in [2.24, 2.45) is 0 Å². The molecule has 56 valence electrons. The number of aryl methyl sites for hydroxylation is 1. The van der Waals surface area contributed by atoms with Gasteiger partial charge in [-0.3, -0.25) is 0 Å². The Morgan fingerprint density at radius 2 is 2.45 bits per heavy atom. The highest BCUT2D eigenvalue weighted by Crippen LogP contribution is 2.00. The fourth-order valence-corrected chi connectivity index (χ4v) is 1.02. The van der Waals surface area contributed by atoms with E-state index in [0.717, 1.165) is 17.8 Å². The highest BCUT2D eigenvalue weighted by atomic mass is 15.2. The molecular formula is C8H9N3. The summed E-state index contributed by atoms with van der Waals surface area (Å²) in [5.74, 6) is 0. The molecule has 0 saturated carbocycles. The Balaban J connectivity index is 2.67. The molecule has 0 bridgehead atoms. The summed E-state index contributed by atoms with van der Waals surface area (Å²) in [5, 5.41) is 4.17. The first kappa shape index (κ1) is 6.34. The van der Waals surface area contributed by atoms with E-state index in [4.69, 9.17) is 0 Å². The van der Waals surface area contributed by atoms with E-state index in [1.807, 2.05) is 18.3 Å². The van der Waals surface area contributed by atoms with Gasteiger partial charge in [-0.2, -0.15) is 5.10 Å². The zero-order chi connectivity index (χ0) is 7.68. The summed E-state index contributed by atoms with van der Waals surface area (Å²) in [6, 6.07) is 3.89. The second kappa shape index (κ2) is 2.34. The Labute approximate surface area is 64.7 Å². The van der Waals surface area contributed by atoms with Gasteiger partial charge in [-0.1, -0.05) is 6.92 Å². The predicted molar refractivity (Wildman–Crippen MR) is 42.4 cm³/mol. The minimum absolute atomic E-state index is 0.921. The van der Waals surface area contributed by atoms with E-state index in [1.165, 1.54) is 0 Å². The van der Waals surface area contributed by atoms with Crippen LogP contribution in [0.2, 0.25) is 0 Å². The van der Waals surface area contributed by atoms with Crippen LogP contribution in [0.4, 0.5) is 0 Å². The van der Waals surface area contributed by atoms with Crippen LogP contribution in [0.15, 0.2) is 24.5 Å². The van der Waals surface area contributed by atoms with Crippen LogP contribution in [-0.4, -0.2) is 14.6 Å². The lowest BCUT2D eigenvalue weighted by Gasteiger charge is -1.95. The molecule has 0 aliphatic rings. The van der Waals surface area contributed by atoms with Gasteiger partial charge in [0.15, 0.2) is 5.65 Å². The molecule has 2 aromatic heterocycles. The lowest BCUT2D eigenvalue weighted by molar-refractivity contribution is 0.870. The molecule has 0 spiro atoms. The van der Waals surface area contributed by atoms with Crippen LogP contribution in [0.3, 0.4) is 0 Å². The predicted octanol–water partition coefficient (Wildman–Crippen LogP) is 1.29. The van der Waals surface area contributed by atoms with Gasteiger partial charge in [-0.05, 0) is 18.6 Å². The van der Waals surface area contributed by atoms with Crippen molar-refractivity contribution in [3.05, 3.63) is 30.2 Å². The van der Waals surface area contributed by atoms with Crippen molar-refractivity contribution >= 4 is 5.65 Å². The molecule has 2 aromatic rings. The van der Waals surface area contributed by atoms with Crippen LogP contribution in [0.5, 0.6) is 0 Å². The monoisotopic (exact) mass is 147 g/mol. The fraction of sp³-hybridized carbons (Fsp3) is 0.250. The summed E-state index contributed by atoms with van der Waals surface area (Å²) in [6.07, 6.45) is 4.63. The van der Waals surface area contributed by atoms with Gasteiger partial charge in [0, 0.05) is 6.20 Å². The Hall–Kier alpha value is -1.38. The van der Waals surface area contributed by atoms with Crippen LogP contribution < -0.4 is 0 Å². The second-order valence-electron chi connectivity index (χ2n) is 2.41. The molecule has 0 fully saturated rings. The summed E-state index contributed by atoms with van der Waals surface area (Å²) < 4.78 is 1.76. The topological polar surface area (TPSA) is 30.2 Å². The van der Waals surface area contributed by atoms with E-state index >= 15 is 0 Å². The molecule has 0 unspecified atom stereocenters. The van der Waals surface area contributed by atoms with E-state index in [0.29, 0.717) is 0 Å². The molecule has 0 N–H and O–H groups in total. The first-order valence-corrected chi connectivity index (χ1v) is 3.69. The van der Waals surface area contributed by atoms with Crippen molar-refractivity contribution < 1.29 is 0 Å². The zero-order valence-corrected chi connectivity index (χ0v) is 6.36. The van der Waals surface area contributed by atoms with Crippen LogP contribution in [-0.2, 0) is 6.42 Å². The van der Waals surface area contributed by atoms with E-state index in [9.17, 15) is 0 Å². The largest absolute Gasteiger partial charge is 0.232 e. The molecule has 11 heavy (non-hydrogen) atoms. The van der Waals surface area contributed by atoms with Gasteiger partial charge in [0.25, 0.3) is 0 Å². The molecule has 3 heteroatoms. The van der Waals surface area contributed by atoms with Gasteiger partial charge < -0.3 is 0 Å². The fourth-order valence-electron chi connectivity index (χ4n) is 1.02. The SMILES string of the molecule is CCc1cnn2cccc2n1. The van der Waals surface area contributed by atoms with E-state index < -0.39 is 0 Å². The van der Waals surface area contributed by atoms with Crippen molar-refractivity contribution in [3.8, 4) is 0 Å². The molecule has 3 nitrogen and oxygen atoms in total. The Kier molecular flexibility index (Phi) is 1.35. The van der Waals surface area contributed by atoms with Crippen LogP contribution in [0.25, 0.3) is 5.65 Å². The highest BCUT2D eigenvalue weighted by Gasteiger charge is 1.94. The molecule has 0 radical (unpaired) electrons. The number of hydrogen-bond donors (Lipinski definition) is 0. The van der Waals surface area contributed by atoms with Crippen molar-refractivity contribution in [2.75, 3.05) is 0 Å². The first-order chi connectivity index (χ1) is 5.40. The number of rotatable bonds is 1. The Bertz CT molecular complexity index is 364. The normalized spacial score (nSPS) is 10.6. The summed E-state index contributed by atoms with van der Waals surface area (Å²) in [6.45, 7) is 2.07. The lowest BCUT2D eigenvalue weighted by Crippen LogP contribution is -1.95. The smallest absolute Gasteiger partial charge is 0.153 e. The average Bonchev–Trinajstić information content (AvgIpc) is 2.50. The number of aromatic nitrogens is 3. The average molecular weight is 147 g/mol. The quantitative estimate of drug-likeness (QED) is 0.608. The molecule has 0 aromatic carbocycles. The number of hydrogen-bond acceptors (Lipinski definition) is 2. The number of nitrogens with zero attached hydrogens (tertiary/aromatic N) is 3. The van der Waals surface area contributed by atoms with E-state index in [1.54, 1.807) is 10.7 Å². The van der Waals surface area contributed by atoms with Crippen molar-refractivity contribution in [1.29, 1.82) is 0 Å². The maximum absolute atomic E-state index is 4.35. The summed E-state index contributed by atoms with van der Waals surface area (Å²) >= 11 is 0. The molecule has 0 aliphatic heterocycles. The highest BCUT2D eigenvalue weighted by molar-refractivity contribution is 5.36. The third-order valence-electron chi connectivity index (χ3n) is 1.66. The maximum Gasteiger partial charge on any atom is 0.153 e. The van der Waals surface area contributed by atoms with Crippen molar-refractivity contribution in [3.63, 3.8) is 0 Å². The van der Waals surface area contributed by atoms with E-state index in [2.05, 4.69) is 17.0 Å². The second-order valence-corrected chi connectivity index (χ2v) is 2.41. The Morgan fingerprint density at radius 3 is 3.27 bits per heavy atom. The third-order valence-corrected chi connectivity index (χ3v) is 1.66. The molecule has 0 aliphatic carbocycles. The summed E-state index contributed by atoms with van der Waals surface area (Å²) in [4.78, 5) is 4.35. The Morgan fingerprint density at radius 1 is 1.55 bits per heavy atom. The van der Waals surface area contributed by atoms with Gasteiger partial charge >= 0.3 is 0 Å². The van der Waals surface area contributed by atoms with Gasteiger partial charge in [-0.25, -0.2) is 9.50 Å². The third kappa shape index (κ3) is 0.981. The molecule has 0 atom stereocenters. The van der Waals surface area contributed by atoms with Crippen LogP contribution in [0, 0.1) is 0 Å².